The van der Waals surface area contributed by atoms with E-state index in [2.05, 4.69) is 38.1 Å². The molecule has 3 nitrogen and oxygen atoms in total. The third-order valence-electron chi connectivity index (χ3n) is 5.48. The molecule has 0 aromatic heterocycles. The average molecular weight is 404 g/mol. The molecule has 1 fully saturated rings. The number of ether oxygens (including phenoxy) is 1. The van der Waals surface area contributed by atoms with Crippen molar-refractivity contribution in [3.63, 3.8) is 0 Å². The Bertz CT molecular complexity index is 669. The summed E-state index contributed by atoms with van der Waals surface area (Å²) >= 11 is 0. The van der Waals surface area contributed by atoms with Gasteiger partial charge in [0.25, 0.3) is 0 Å². The van der Waals surface area contributed by atoms with Crippen LogP contribution >= 0.6 is 0 Å². The van der Waals surface area contributed by atoms with Crippen LogP contribution in [0.2, 0.25) is 0 Å². The molecule has 2 aromatic rings. The Balaban J connectivity index is 0.00000280. The van der Waals surface area contributed by atoms with E-state index < -0.39 is 6.10 Å². The molecule has 2 unspecified atom stereocenters. The summed E-state index contributed by atoms with van der Waals surface area (Å²) in [5.41, 5.74) is 2.19. The number of aliphatic hydroxyl groups is 1. The maximum Gasteiger partial charge on any atom is 0.119 e. The molecule has 1 aliphatic rings. The Labute approximate surface area is 176 Å². The van der Waals surface area contributed by atoms with E-state index in [1.165, 1.54) is 37.9 Å². The highest BCUT2D eigenvalue weighted by Gasteiger charge is 2.28. The fourth-order valence-electron chi connectivity index (χ4n) is 3.94. The van der Waals surface area contributed by atoms with Crippen molar-refractivity contribution in [2.75, 3.05) is 26.2 Å². The van der Waals surface area contributed by atoms with Crippen LogP contribution in [0.4, 0.5) is 0 Å². The molecular formula is C24H34ClNO2. The SMILES string of the molecule is CC(C)COc1ccc(C(O)C(C[NH+]2CCCCC2)c2ccccc2)cc1.[Cl-]. The van der Waals surface area contributed by atoms with Gasteiger partial charge in [-0.15, -0.1) is 0 Å². The minimum absolute atomic E-state index is 0. The van der Waals surface area contributed by atoms with Gasteiger partial charge in [0.1, 0.15) is 5.75 Å². The summed E-state index contributed by atoms with van der Waals surface area (Å²) in [6.45, 7) is 8.43. The molecule has 4 heteroatoms. The fraction of sp³-hybridized carbons (Fsp3) is 0.500. The van der Waals surface area contributed by atoms with Crippen LogP contribution in [0.3, 0.4) is 0 Å². The molecule has 1 saturated heterocycles. The van der Waals surface area contributed by atoms with E-state index in [0.29, 0.717) is 12.5 Å². The van der Waals surface area contributed by atoms with Crippen LogP contribution in [0.1, 0.15) is 56.3 Å². The van der Waals surface area contributed by atoms with Crippen molar-refractivity contribution in [1.29, 1.82) is 0 Å². The van der Waals surface area contributed by atoms with Gasteiger partial charge in [0.2, 0.25) is 0 Å². The molecule has 2 N–H and O–H groups in total. The molecule has 1 aliphatic heterocycles. The lowest BCUT2D eigenvalue weighted by atomic mass is 9.88. The highest BCUT2D eigenvalue weighted by Crippen LogP contribution is 2.31. The number of rotatable bonds is 8. The predicted molar refractivity (Wildman–Crippen MR) is 110 cm³/mol. The first-order valence-electron chi connectivity index (χ1n) is 10.4. The Hall–Kier alpha value is -1.55. The van der Waals surface area contributed by atoms with E-state index in [1.807, 2.05) is 30.3 Å². The van der Waals surface area contributed by atoms with E-state index in [4.69, 9.17) is 4.74 Å². The van der Waals surface area contributed by atoms with Gasteiger partial charge in [0, 0.05) is 0 Å². The molecule has 0 spiro atoms. The summed E-state index contributed by atoms with van der Waals surface area (Å²) in [5, 5.41) is 11.2. The summed E-state index contributed by atoms with van der Waals surface area (Å²) < 4.78 is 5.78. The van der Waals surface area contributed by atoms with Gasteiger partial charge >= 0.3 is 0 Å². The van der Waals surface area contributed by atoms with E-state index in [-0.39, 0.29) is 18.3 Å². The molecule has 0 amide bonds. The minimum Gasteiger partial charge on any atom is -1.00 e. The average Bonchev–Trinajstić information content (AvgIpc) is 2.72. The van der Waals surface area contributed by atoms with Gasteiger partial charge < -0.3 is 27.2 Å². The molecule has 0 bridgehead atoms. The van der Waals surface area contributed by atoms with Gasteiger partial charge in [-0.1, -0.05) is 56.3 Å². The summed E-state index contributed by atoms with van der Waals surface area (Å²) in [4.78, 5) is 1.62. The largest absolute Gasteiger partial charge is 1.00 e. The minimum atomic E-state index is -0.499. The zero-order valence-electron chi connectivity index (χ0n) is 17.1. The van der Waals surface area contributed by atoms with Gasteiger partial charge in [0.15, 0.2) is 0 Å². The maximum atomic E-state index is 11.2. The first kappa shape index (κ1) is 22.7. The van der Waals surface area contributed by atoms with Crippen molar-refractivity contribution < 1.29 is 27.2 Å². The summed E-state index contributed by atoms with van der Waals surface area (Å²) in [7, 11) is 0. The van der Waals surface area contributed by atoms with Crippen LogP contribution < -0.4 is 22.0 Å². The number of quaternary nitrogens is 1. The number of aliphatic hydroxyl groups excluding tert-OH is 1. The first-order chi connectivity index (χ1) is 13.1. The van der Waals surface area contributed by atoms with E-state index in [1.54, 1.807) is 4.90 Å². The standard InChI is InChI=1S/C24H33NO2.ClH/c1-19(2)18-27-22-13-11-21(12-14-22)24(26)23(20-9-5-3-6-10-20)17-25-15-7-4-8-16-25;/h3,5-6,9-14,19,23-24,26H,4,7-8,15-18H2,1-2H3;1H. The van der Waals surface area contributed by atoms with Gasteiger partial charge in [-0.2, -0.15) is 0 Å². The first-order valence-corrected chi connectivity index (χ1v) is 10.4. The quantitative estimate of drug-likeness (QED) is 0.677. The molecule has 0 saturated carbocycles. The smallest absolute Gasteiger partial charge is 0.119 e. The highest BCUT2D eigenvalue weighted by atomic mass is 35.5. The molecule has 0 aliphatic carbocycles. The molecular weight excluding hydrogens is 370 g/mol. The van der Waals surface area contributed by atoms with Crippen LogP contribution in [0.15, 0.2) is 54.6 Å². The molecule has 28 heavy (non-hydrogen) atoms. The fourth-order valence-corrected chi connectivity index (χ4v) is 3.94. The molecule has 1 heterocycles. The number of nitrogens with one attached hydrogen (secondary N) is 1. The number of benzene rings is 2. The second kappa shape index (κ2) is 11.5. The van der Waals surface area contributed by atoms with E-state index in [0.717, 1.165) is 17.9 Å². The van der Waals surface area contributed by atoms with Crippen molar-refractivity contribution in [3.05, 3.63) is 65.7 Å². The Morgan fingerprint density at radius 1 is 0.893 bits per heavy atom. The lowest BCUT2D eigenvalue weighted by molar-refractivity contribution is -0.906. The van der Waals surface area contributed by atoms with Crippen LogP contribution in [0, 0.1) is 5.92 Å². The highest BCUT2D eigenvalue weighted by molar-refractivity contribution is 5.31. The third-order valence-corrected chi connectivity index (χ3v) is 5.48. The number of hydrogen-bond donors (Lipinski definition) is 2. The Morgan fingerprint density at radius 3 is 2.14 bits per heavy atom. The van der Waals surface area contributed by atoms with E-state index in [9.17, 15) is 5.11 Å². The zero-order valence-corrected chi connectivity index (χ0v) is 17.9. The second-order valence-corrected chi connectivity index (χ2v) is 8.25. The lowest BCUT2D eigenvalue weighted by Crippen LogP contribution is -3.13. The number of piperidine rings is 1. The molecule has 154 valence electrons. The molecule has 2 aromatic carbocycles. The van der Waals surface area contributed by atoms with Crippen LogP contribution in [-0.2, 0) is 0 Å². The van der Waals surface area contributed by atoms with Crippen molar-refractivity contribution in [3.8, 4) is 5.75 Å². The lowest BCUT2D eigenvalue weighted by Gasteiger charge is -2.30. The predicted octanol–water partition coefficient (Wildman–Crippen LogP) is 0.611. The number of halogens is 1. The van der Waals surface area contributed by atoms with Gasteiger partial charge in [-0.25, -0.2) is 0 Å². The van der Waals surface area contributed by atoms with Crippen molar-refractivity contribution >= 4 is 0 Å². The van der Waals surface area contributed by atoms with Gasteiger partial charge in [-0.3, -0.25) is 0 Å². The zero-order chi connectivity index (χ0) is 19.1. The number of hydrogen-bond acceptors (Lipinski definition) is 2. The summed E-state index contributed by atoms with van der Waals surface area (Å²) in [6, 6.07) is 18.5. The summed E-state index contributed by atoms with van der Waals surface area (Å²) in [6.07, 6.45) is 3.45. The normalized spacial score (nSPS) is 17.0. The number of likely N-dealkylation sites (tertiary alicyclic amines) is 1. The topological polar surface area (TPSA) is 33.9 Å². The molecule has 3 rings (SSSR count). The molecule has 2 atom stereocenters. The van der Waals surface area contributed by atoms with E-state index >= 15 is 0 Å². The van der Waals surface area contributed by atoms with Gasteiger partial charge in [0.05, 0.1) is 38.3 Å². The van der Waals surface area contributed by atoms with Crippen LogP contribution in [0.5, 0.6) is 5.75 Å². The van der Waals surface area contributed by atoms with Gasteiger partial charge in [-0.05, 0) is 48.4 Å². The second-order valence-electron chi connectivity index (χ2n) is 8.25. The molecule has 0 radical (unpaired) electrons. The van der Waals surface area contributed by atoms with Crippen molar-refractivity contribution in [2.45, 2.75) is 45.1 Å². The van der Waals surface area contributed by atoms with Crippen molar-refractivity contribution in [2.24, 2.45) is 5.92 Å². The van der Waals surface area contributed by atoms with Crippen LogP contribution in [-0.4, -0.2) is 31.3 Å². The third kappa shape index (κ3) is 6.51. The maximum absolute atomic E-state index is 11.2. The Morgan fingerprint density at radius 2 is 1.54 bits per heavy atom. The summed E-state index contributed by atoms with van der Waals surface area (Å²) in [5.74, 6) is 1.49. The Kier molecular flexibility index (Phi) is 9.30. The van der Waals surface area contributed by atoms with Crippen LogP contribution in [0.25, 0.3) is 0 Å². The van der Waals surface area contributed by atoms with Crippen molar-refractivity contribution in [1.82, 2.24) is 0 Å². The monoisotopic (exact) mass is 403 g/mol.